The number of amides is 2. The van der Waals surface area contributed by atoms with Crippen molar-refractivity contribution in [2.45, 2.75) is 71.4 Å². The van der Waals surface area contributed by atoms with Crippen molar-refractivity contribution in [3.63, 3.8) is 0 Å². The van der Waals surface area contributed by atoms with Gasteiger partial charge in [-0.2, -0.15) is 0 Å². The third-order valence-corrected chi connectivity index (χ3v) is 4.07. The molecule has 5 heteroatoms. The summed E-state index contributed by atoms with van der Waals surface area (Å²) in [5.74, 6) is 0.0451. The van der Waals surface area contributed by atoms with Gasteiger partial charge in [-0.1, -0.05) is 27.2 Å². The molecule has 1 fully saturated rings. The molecule has 116 valence electrons. The summed E-state index contributed by atoms with van der Waals surface area (Å²) in [5.41, 5.74) is 0. The Labute approximate surface area is 121 Å². The maximum atomic E-state index is 11.9. The van der Waals surface area contributed by atoms with Gasteiger partial charge in [0.15, 0.2) is 0 Å². The van der Waals surface area contributed by atoms with Crippen molar-refractivity contribution >= 4 is 12.0 Å². The molecule has 3 N–H and O–H groups in total. The van der Waals surface area contributed by atoms with Crippen molar-refractivity contribution in [1.29, 1.82) is 0 Å². The summed E-state index contributed by atoms with van der Waals surface area (Å²) in [7, 11) is 0. The van der Waals surface area contributed by atoms with Crippen LogP contribution in [0.25, 0.3) is 0 Å². The molecule has 1 rings (SSSR count). The highest BCUT2D eigenvalue weighted by Gasteiger charge is 2.24. The van der Waals surface area contributed by atoms with Crippen LogP contribution in [0.2, 0.25) is 0 Å². The minimum absolute atomic E-state index is 0.186. The van der Waals surface area contributed by atoms with Crippen molar-refractivity contribution in [2.24, 2.45) is 11.8 Å². The molecule has 0 unspecified atom stereocenters. The number of carbonyl (C=O) groups excluding carboxylic acids is 1. The highest BCUT2D eigenvalue weighted by Crippen LogP contribution is 2.26. The van der Waals surface area contributed by atoms with Gasteiger partial charge in [0, 0.05) is 6.04 Å². The van der Waals surface area contributed by atoms with Gasteiger partial charge < -0.3 is 15.7 Å². The Morgan fingerprint density at radius 1 is 1.20 bits per heavy atom. The van der Waals surface area contributed by atoms with E-state index in [0.29, 0.717) is 6.42 Å². The molecule has 0 aromatic heterocycles. The van der Waals surface area contributed by atoms with Gasteiger partial charge in [-0.15, -0.1) is 0 Å². The molecule has 5 nitrogen and oxygen atoms in total. The van der Waals surface area contributed by atoms with E-state index < -0.39 is 12.0 Å². The topological polar surface area (TPSA) is 78.4 Å². The summed E-state index contributed by atoms with van der Waals surface area (Å²) in [5, 5.41) is 14.6. The predicted molar refractivity (Wildman–Crippen MR) is 78.6 cm³/mol. The van der Waals surface area contributed by atoms with E-state index in [4.69, 9.17) is 5.11 Å². The molecule has 0 heterocycles. The average molecular weight is 284 g/mol. The third-order valence-electron chi connectivity index (χ3n) is 4.07. The van der Waals surface area contributed by atoms with Gasteiger partial charge in [-0.05, 0) is 43.9 Å². The summed E-state index contributed by atoms with van der Waals surface area (Å²) in [4.78, 5) is 23.0. The molecule has 0 aliphatic heterocycles. The van der Waals surface area contributed by atoms with E-state index in [0.717, 1.165) is 31.6 Å². The van der Waals surface area contributed by atoms with Crippen LogP contribution >= 0.6 is 0 Å². The second-order valence-corrected chi connectivity index (χ2v) is 6.26. The number of carboxylic acid groups (broad SMARTS) is 1. The second-order valence-electron chi connectivity index (χ2n) is 6.26. The summed E-state index contributed by atoms with van der Waals surface area (Å²) >= 11 is 0. The molecule has 0 aromatic carbocycles. The van der Waals surface area contributed by atoms with Crippen molar-refractivity contribution in [3.05, 3.63) is 0 Å². The van der Waals surface area contributed by atoms with Gasteiger partial charge in [0.1, 0.15) is 6.04 Å². The number of carboxylic acids is 1. The Kier molecular flexibility index (Phi) is 6.82. The van der Waals surface area contributed by atoms with Gasteiger partial charge in [0.05, 0.1) is 0 Å². The van der Waals surface area contributed by atoms with Gasteiger partial charge >= 0.3 is 12.0 Å². The van der Waals surface area contributed by atoms with Crippen LogP contribution in [0.15, 0.2) is 0 Å². The van der Waals surface area contributed by atoms with Gasteiger partial charge in [0.2, 0.25) is 0 Å². The standard InChI is InChI=1S/C15H28N2O3/c1-4-11-5-7-12(8-6-11)16-15(20)17-13(14(18)19)9-10(2)3/h10-13H,4-9H2,1-3H3,(H,18,19)(H2,16,17,20)/t11?,12?,13-/m1/s1. The van der Waals surface area contributed by atoms with Gasteiger partial charge in [-0.25, -0.2) is 9.59 Å². The number of aliphatic carboxylic acids is 1. The molecule has 0 bridgehead atoms. The SMILES string of the molecule is CCC1CCC(NC(=O)N[C@H](CC(C)C)C(=O)O)CC1. The highest BCUT2D eigenvalue weighted by molar-refractivity contribution is 5.82. The zero-order valence-corrected chi connectivity index (χ0v) is 12.8. The first-order chi connectivity index (χ1) is 9.42. The molecular weight excluding hydrogens is 256 g/mol. The highest BCUT2D eigenvalue weighted by atomic mass is 16.4. The fraction of sp³-hybridized carbons (Fsp3) is 0.867. The lowest BCUT2D eigenvalue weighted by Gasteiger charge is -2.29. The lowest BCUT2D eigenvalue weighted by Crippen LogP contribution is -2.50. The Balaban J connectivity index is 2.36. The van der Waals surface area contributed by atoms with Crippen molar-refractivity contribution in [1.82, 2.24) is 10.6 Å². The van der Waals surface area contributed by atoms with E-state index in [1.54, 1.807) is 0 Å². The minimum atomic E-state index is -0.969. The van der Waals surface area contributed by atoms with Crippen LogP contribution in [-0.4, -0.2) is 29.2 Å². The summed E-state index contributed by atoms with van der Waals surface area (Å²) in [6.07, 6.45) is 5.94. The van der Waals surface area contributed by atoms with Crippen LogP contribution in [0.3, 0.4) is 0 Å². The van der Waals surface area contributed by atoms with Crippen LogP contribution in [0.4, 0.5) is 4.79 Å². The molecule has 0 radical (unpaired) electrons. The van der Waals surface area contributed by atoms with E-state index in [2.05, 4.69) is 17.6 Å². The van der Waals surface area contributed by atoms with E-state index >= 15 is 0 Å². The largest absolute Gasteiger partial charge is 0.480 e. The van der Waals surface area contributed by atoms with E-state index in [9.17, 15) is 9.59 Å². The molecular formula is C15H28N2O3. The lowest BCUT2D eigenvalue weighted by atomic mass is 9.84. The first kappa shape index (κ1) is 16.8. The Morgan fingerprint density at radius 2 is 1.80 bits per heavy atom. The normalized spacial score (nSPS) is 24.2. The molecule has 1 saturated carbocycles. The number of rotatable bonds is 6. The van der Waals surface area contributed by atoms with Gasteiger partial charge in [0.25, 0.3) is 0 Å². The molecule has 1 aliphatic rings. The predicted octanol–water partition coefficient (Wildman–Crippen LogP) is 2.75. The summed E-state index contributed by atoms with van der Waals surface area (Å²) in [6.45, 7) is 6.09. The quantitative estimate of drug-likeness (QED) is 0.701. The number of hydrogen-bond donors (Lipinski definition) is 3. The van der Waals surface area contributed by atoms with E-state index in [1.165, 1.54) is 6.42 Å². The van der Waals surface area contributed by atoms with E-state index in [-0.39, 0.29) is 18.0 Å². The number of carbonyl (C=O) groups is 2. The zero-order valence-electron chi connectivity index (χ0n) is 12.8. The van der Waals surface area contributed by atoms with Crippen LogP contribution in [0.5, 0.6) is 0 Å². The molecule has 2 amide bonds. The lowest BCUT2D eigenvalue weighted by molar-refractivity contribution is -0.139. The Hall–Kier alpha value is -1.26. The van der Waals surface area contributed by atoms with Crippen molar-refractivity contribution in [3.8, 4) is 0 Å². The second kappa shape index (κ2) is 8.12. The maximum absolute atomic E-state index is 11.9. The van der Waals surface area contributed by atoms with Crippen LogP contribution in [-0.2, 0) is 4.79 Å². The van der Waals surface area contributed by atoms with Crippen molar-refractivity contribution < 1.29 is 14.7 Å². The minimum Gasteiger partial charge on any atom is -0.480 e. The molecule has 0 spiro atoms. The smallest absolute Gasteiger partial charge is 0.326 e. The Morgan fingerprint density at radius 3 is 2.25 bits per heavy atom. The third kappa shape index (κ3) is 5.80. The number of nitrogens with one attached hydrogen (secondary N) is 2. The van der Waals surface area contributed by atoms with Gasteiger partial charge in [-0.3, -0.25) is 0 Å². The molecule has 1 atom stereocenters. The number of urea groups is 1. The molecule has 1 aliphatic carbocycles. The Bertz CT molecular complexity index is 323. The summed E-state index contributed by atoms with van der Waals surface area (Å²) < 4.78 is 0. The van der Waals surface area contributed by atoms with Crippen LogP contribution in [0, 0.1) is 11.8 Å². The monoisotopic (exact) mass is 284 g/mol. The molecule has 20 heavy (non-hydrogen) atoms. The first-order valence-corrected chi connectivity index (χ1v) is 7.72. The molecule has 0 saturated heterocycles. The van der Waals surface area contributed by atoms with Crippen LogP contribution in [0.1, 0.15) is 59.3 Å². The average Bonchev–Trinajstić information content (AvgIpc) is 2.38. The van der Waals surface area contributed by atoms with E-state index in [1.807, 2.05) is 13.8 Å². The number of hydrogen-bond acceptors (Lipinski definition) is 2. The van der Waals surface area contributed by atoms with Crippen molar-refractivity contribution in [2.75, 3.05) is 0 Å². The maximum Gasteiger partial charge on any atom is 0.326 e. The first-order valence-electron chi connectivity index (χ1n) is 7.72. The van der Waals surface area contributed by atoms with Crippen LogP contribution < -0.4 is 10.6 Å². The molecule has 0 aromatic rings. The summed E-state index contributed by atoms with van der Waals surface area (Å²) in [6, 6.07) is -0.966. The fourth-order valence-electron chi connectivity index (χ4n) is 2.79. The zero-order chi connectivity index (χ0) is 15.1. The fourth-order valence-corrected chi connectivity index (χ4v) is 2.79.